The Hall–Kier alpha value is -1.78. The van der Waals surface area contributed by atoms with Crippen molar-refractivity contribution in [1.82, 2.24) is 14.8 Å². The van der Waals surface area contributed by atoms with Gasteiger partial charge in [-0.2, -0.15) is 0 Å². The van der Waals surface area contributed by atoms with E-state index in [4.69, 9.17) is 0 Å². The SMILES string of the molecule is CCc1ccc(S(=O)(=O)NC(C)(C)C)c(C)c1C.CNCc1ccc(S(=O)(=O)NC(C)(C)C)c(C)c1C. The third-order valence-corrected chi connectivity index (χ3v) is 9.71. The predicted molar refractivity (Wildman–Crippen MR) is 154 cm³/mol. The minimum Gasteiger partial charge on any atom is -0.316 e. The Morgan fingerprint density at radius 1 is 0.622 bits per heavy atom. The number of hydrogen-bond donors (Lipinski definition) is 3. The first kappa shape index (κ1) is 33.2. The van der Waals surface area contributed by atoms with Gasteiger partial charge >= 0.3 is 0 Å². The van der Waals surface area contributed by atoms with Crippen molar-refractivity contribution in [2.75, 3.05) is 7.05 Å². The molecule has 0 saturated carbocycles. The zero-order valence-electron chi connectivity index (χ0n) is 24.7. The maximum atomic E-state index is 12.4. The summed E-state index contributed by atoms with van der Waals surface area (Å²) < 4.78 is 54.7. The molecule has 0 atom stereocenters. The first-order valence-corrected chi connectivity index (χ1v) is 15.5. The molecule has 2 aromatic carbocycles. The second kappa shape index (κ2) is 12.4. The fourth-order valence-electron chi connectivity index (χ4n) is 3.97. The Labute approximate surface area is 226 Å². The highest BCUT2D eigenvalue weighted by Crippen LogP contribution is 2.24. The van der Waals surface area contributed by atoms with Crippen molar-refractivity contribution in [1.29, 1.82) is 0 Å². The summed E-state index contributed by atoms with van der Waals surface area (Å²) in [6, 6.07) is 7.16. The molecule has 0 aromatic heterocycles. The summed E-state index contributed by atoms with van der Waals surface area (Å²) in [5.41, 5.74) is 5.10. The lowest BCUT2D eigenvalue weighted by atomic mass is 10.0. The second-order valence-electron chi connectivity index (χ2n) is 11.5. The molecule has 9 heteroatoms. The van der Waals surface area contributed by atoms with Crippen LogP contribution in [0.3, 0.4) is 0 Å². The third kappa shape index (κ3) is 9.48. The largest absolute Gasteiger partial charge is 0.316 e. The first-order valence-electron chi connectivity index (χ1n) is 12.6. The van der Waals surface area contributed by atoms with Crippen LogP contribution in [0.4, 0.5) is 0 Å². The van der Waals surface area contributed by atoms with Crippen molar-refractivity contribution in [3.05, 3.63) is 57.6 Å². The number of aryl methyl sites for hydroxylation is 1. The predicted octanol–water partition coefficient (Wildman–Crippen LogP) is 5.04. The fourth-order valence-corrected chi connectivity index (χ4v) is 7.41. The van der Waals surface area contributed by atoms with E-state index in [1.54, 1.807) is 12.1 Å². The molecule has 0 saturated heterocycles. The average molecular weight is 554 g/mol. The lowest BCUT2D eigenvalue weighted by Gasteiger charge is -2.22. The fraction of sp³-hybridized carbons (Fsp3) is 0.571. The molecule has 0 aliphatic carbocycles. The zero-order valence-corrected chi connectivity index (χ0v) is 26.3. The van der Waals surface area contributed by atoms with Crippen molar-refractivity contribution < 1.29 is 16.8 Å². The van der Waals surface area contributed by atoms with Crippen LogP contribution in [0.1, 0.15) is 81.8 Å². The van der Waals surface area contributed by atoms with Gasteiger partial charge in [-0.3, -0.25) is 0 Å². The van der Waals surface area contributed by atoms with Gasteiger partial charge in [0.05, 0.1) is 9.79 Å². The topological polar surface area (TPSA) is 104 Å². The van der Waals surface area contributed by atoms with Crippen LogP contribution in [0.5, 0.6) is 0 Å². The first-order chi connectivity index (χ1) is 16.7. The maximum absolute atomic E-state index is 12.4. The summed E-state index contributed by atoms with van der Waals surface area (Å²) in [6.07, 6.45) is 0.916. The third-order valence-electron chi connectivity index (χ3n) is 5.91. The van der Waals surface area contributed by atoms with E-state index in [1.165, 1.54) is 5.56 Å². The van der Waals surface area contributed by atoms with Crippen molar-refractivity contribution in [2.24, 2.45) is 0 Å². The highest BCUT2D eigenvalue weighted by Gasteiger charge is 2.25. The summed E-state index contributed by atoms with van der Waals surface area (Å²) >= 11 is 0. The number of hydrogen-bond acceptors (Lipinski definition) is 5. The Morgan fingerprint density at radius 2 is 0.973 bits per heavy atom. The standard InChI is InChI=1S/C14H24N2O2S.C14H23NO2S/c1-10-11(2)13(8-7-12(10)9-15-6)19(17,18)16-14(3,4)5;1-7-12-8-9-13(11(3)10(12)2)18(16,17)15-14(4,5)6/h7-8,15-16H,9H2,1-6H3;8-9,15H,7H2,1-6H3. The molecular formula is C28H47N3O4S2. The van der Waals surface area contributed by atoms with Crippen LogP contribution in [-0.4, -0.2) is 35.0 Å². The number of nitrogens with one attached hydrogen (secondary N) is 3. The Kier molecular flexibility index (Phi) is 11.1. The molecule has 0 fully saturated rings. The molecule has 0 aliphatic heterocycles. The molecule has 3 N–H and O–H groups in total. The molecule has 0 spiro atoms. The van der Waals surface area contributed by atoms with E-state index < -0.39 is 31.1 Å². The molecule has 0 bridgehead atoms. The zero-order chi connectivity index (χ0) is 29.0. The second-order valence-corrected chi connectivity index (χ2v) is 14.8. The van der Waals surface area contributed by atoms with Crippen LogP contribution in [0.2, 0.25) is 0 Å². The smallest absolute Gasteiger partial charge is 0.241 e. The highest BCUT2D eigenvalue weighted by molar-refractivity contribution is 7.89. The lowest BCUT2D eigenvalue weighted by Crippen LogP contribution is -2.40. The molecule has 0 aliphatic rings. The van der Waals surface area contributed by atoms with Gasteiger partial charge in [0.15, 0.2) is 0 Å². The number of benzene rings is 2. The summed E-state index contributed by atoms with van der Waals surface area (Å²) in [5, 5.41) is 3.08. The van der Waals surface area contributed by atoms with Gasteiger partial charge < -0.3 is 5.32 Å². The maximum Gasteiger partial charge on any atom is 0.241 e. The Morgan fingerprint density at radius 3 is 1.30 bits per heavy atom. The van der Waals surface area contributed by atoms with E-state index in [9.17, 15) is 16.8 Å². The van der Waals surface area contributed by atoms with Crippen molar-refractivity contribution in [3.63, 3.8) is 0 Å². The van der Waals surface area contributed by atoms with Gasteiger partial charge in [0.2, 0.25) is 20.0 Å². The molecule has 2 rings (SSSR count). The van der Waals surface area contributed by atoms with Gasteiger partial charge in [-0.1, -0.05) is 19.1 Å². The average Bonchev–Trinajstić information content (AvgIpc) is 2.70. The van der Waals surface area contributed by atoms with Crippen LogP contribution < -0.4 is 14.8 Å². The molecule has 210 valence electrons. The summed E-state index contributed by atoms with van der Waals surface area (Å²) in [6.45, 7) is 21.5. The minimum absolute atomic E-state index is 0.361. The van der Waals surface area contributed by atoms with Crippen LogP contribution in [0, 0.1) is 27.7 Å². The van der Waals surface area contributed by atoms with Gasteiger partial charge in [0.25, 0.3) is 0 Å². The molecule has 0 heterocycles. The minimum atomic E-state index is -3.47. The number of rotatable bonds is 7. The van der Waals surface area contributed by atoms with Crippen LogP contribution in [0.15, 0.2) is 34.1 Å². The molecule has 2 aromatic rings. The normalized spacial score (nSPS) is 12.8. The van der Waals surface area contributed by atoms with Crippen LogP contribution in [-0.2, 0) is 33.0 Å². The lowest BCUT2D eigenvalue weighted by molar-refractivity contribution is 0.489. The molecule has 37 heavy (non-hydrogen) atoms. The molecule has 0 unspecified atom stereocenters. The van der Waals surface area contributed by atoms with Crippen LogP contribution in [0.25, 0.3) is 0 Å². The molecule has 0 amide bonds. The van der Waals surface area contributed by atoms with Gasteiger partial charge in [-0.05, 0) is 128 Å². The van der Waals surface area contributed by atoms with Gasteiger partial charge in [0.1, 0.15) is 0 Å². The van der Waals surface area contributed by atoms with E-state index >= 15 is 0 Å². The molecule has 0 radical (unpaired) electrons. The van der Waals surface area contributed by atoms with E-state index in [1.807, 2.05) is 88.4 Å². The molecule has 7 nitrogen and oxygen atoms in total. The van der Waals surface area contributed by atoms with E-state index in [2.05, 4.69) is 21.7 Å². The monoisotopic (exact) mass is 553 g/mol. The van der Waals surface area contributed by atoms with Gasteiger partial charge in [-0.25, -0.2) is 26.3 Å². The summed E-state index contributed by atoms with van der Waals surface area (Å²) in [7, 11) is -5.04. The summed E-state index contributed by atoms with van der Waals surface area (Å²) in [5.74, 6) is 0. The van der Waals surface area contributed by atoms with Crippen molar-refractivity contribution in [2.45, 2.75) is 110 Å². The summed E-state index contributed by atoms with van der Waals surface area (Å²) in [4.78, 5) is 0.743. The van der Waals surface area contributed by atoms with E-state index in [-0.39, 0.29) is 0 Å². The van der Waals surface area contributed by atoms with Crippen LogP contribution >= 0.6 is 0 Å². The highest BCUT2D eigenvalue weighted by atomic mass is 32.2. The van der Waals surface area contributed by atoms with Gasteiger partial charge in [0, 0.05) is 17.6 Å². The Balaban J connectivity index is 0.000000371. The van der Waals surface area contributed by atoms with Crippen molar-refractivity contribution in [3.8, 4) is 0 Å². The van der Waals surface area contributed by atoms with Crippen molar-refractivity contribution >= 4 is 20.0 Å². The molecular weight excluding hydrogens is 506 g/mol. The van der Waals surface area contributed by atoms with Gasteiger partial charge in [-0.15, -0.1) is 0 Å². The van der Waals surface area contributed by atoms with E-state index in [0.29, 0.717) is 9.79 Å². The Bertz CT molecular complexity index is 1300. The number of sulfonamides is 2. The quantitative estimate of drug-likeness (QED) is 0.446. The van der Waals surface area contributed by atoms with E-state index in [0.717, 1.165) is 40.8 Å².